The molecule has 1 aromatic carbocycles. The van der Waals surface area contributed by atoms with Crippen molar-refractivity contribution in [3.05, 3.63) is 35.9 Å². The fourth-order valence-corrected chi connectivity index (χ4v) is 2.55. The lowest BCUT2D eigenvalue weighted by Crippen LogP contribution is -2.40. The number of benzene rings is 1. The second-order valence-corrected chi connectivity index (χ2v) is 5.60. The van der Waals surface area contributed by atoms with Crippen molar-refractivity contribution in [2.24, 2.45) is 5.73 Å². The summed E-state index contributed by atoms with van der Waals surface area (Å²) in [6, 6.07) is 10.1. The van der Waals surface area contributed by atoms with E-state index >= 15 is 0 Å². The Morgan fingerprint density at radius 2 is 1.81 bits per heavy atom. The van der Waals surface area contributed by atoms with Gasteiger partial charge in [-0.05, 0) is 26.5 Å². The lowest BCUT2D eigenvalue weighted by Gasteiger charge is -2.30. The zero-order valence-corrected chi connectivity index (χ0v) is 13.9. The van der Waals surface area contributed by atoms with E-state index in [0.717, 1.165) is 18.7 Å². The van der Waals surface area contributed by atoms with E-state index in [2.05, 4.69) is 0 Å². The summed E-state index contributed by atoms with van der Waals surface area (Å²) in [4.78, 5) is 16.6. The first-order valence-corrected chi connectivity index (χ1v) is 7.71. The molecule has 0 saturated carbocycles. The molecule has 0 heterocycles. The van der Waals surface area contributed by atoms with Gasteiger partial charge < -0.3 is 10.6 Å². The molecule has 1 unspecified atom stereocenters. The third-order valence-corrected chi connectivity index (χ3v) is 3.78. The monoisotopic (exact) mass is 307 g/mol. The Bertz CT molecular complexity index is 460. The van der Waals surface area contributed by atoms with Gasteiger partial charge in [0.05, 0.1) is 11.5 Å². The van der Waals surface area contributed by atoms with E-state index in [9.17, 15) is 4.79 Å². The van der Waals surface area contributed by atoms with Gasteiger partial charge in [0.25, 0.3) is 0 Å². The molecule has 0 aliphatic rings. The summed E-state index contributed by atoms with van der Waals surface area (Å²) in [6.07, 6.45) is 0.571. The highest BCUT2D eigenvalue weighted by molar-refractivity contribution is 7.80. The third-order valence-electron chi connectivity index (χ3n) is 3.61. The van der Waals surface area contributed by atoms with Crippen molar-refractivity contribution < 1.29 is 4.79 Å². The van der Waals surface area contributed by atoms with Crippen LogP contribution in [0.3, 0.4) is 0 Å². The van der Waals surface area contributed by atoms with E-state index in [1.807, 2.05) is 61.0 Å². The molecule has 4 nitrogen and oxygen atoms in total. The van der Waals surface area contributed by atoms with Crippen LogP contribution in [0.1, 0.15) is 31.9 Å². The molecule has 116 valence electrons. The topological polar surface area (TPSA) is 49.6 Å². The highest BCUT2D eigenvalue weighted by atomic mass is 32.1. The van der Waals surface area contributed by atoms with Crippen LogP contribution in [0.25, 0.3) is 0 Å². The van der Waals surface area contributed by atoms with Gasteiger partial charge in [0.15, 0.2) is 0 Å². The van der Waals surface area contributed by atoms with Crippen molar-refractivity contribution in [2.75, 3.05) is 26.7 Å². The fraction of sp³-hybridized carbons (Fsp3) is 0.500. The Hall–Kier alpha value is -1.46. The number of carbonyl (C=O) groups excluding carboxylic acids is 1. The molecular weight excluding hydrogens is 282 g/mol. The maximum atomic E-state index is 12.3. The third kappa shape index (κ3) is 5.44. The van der Waals surface area contributed by atoms with Crippen molar-refractivity contribution in [1.29, 1.82) is 0 Å². The van der Waals surface area contributed by atoms with Crippen LogP contribution in [0.15, 0.2) is 30.3 Å². The first kappa shape index (κ1) is 17.6. The lowest BCUT2D eigenvalue weighted by atomic mass is 10.0. The van der Waals surface area contributed by atoms with Gasteiger partial charge in [0, 0.05) is 25.6 Å². The molecule has 5 heteroatoms. The second-order valence-electron chi connectivity index (χ2n) is 5.08. The van der Waals surface area contributed by atoms with E-state index in [0.29, 0.717) is 18.0 Å². The normalized spacial score (nSPS) is 12.2. The van der Waals surface area contributed by atoms with Gasteiger partial charge in [0.2, 0.25) is 5.91 Å². The van der Waals surface area contributed by atoms with Crippen molar-refractivity contribution >= 4 is 23.1 Å². The second kappa shape index (κ2) is 8.74. The van der Waals surface area contributed by atoms with Gasteiger partial charge in [-0.3, -0.25) is 9.69 Å². The summed E-state index contributed by atoms with van der Waals surface area (Å²) in [5.41, 5.74) is 6.85. The highest BCUT2D eigenvalue weighted by Gasteiger charge is 2.21. The number of rotatable bonds is 8. The van der Waals surface area contributed by atoms with Crippen molar-refractivity contribution in [1.82, 2.24) is 9.80 Å². The average Bonchev–Trinajstić information content (AvgIpc) is 2.46. The molecule has 0 fully saturated rings. The minimum Gasteiger partial charge on any atom is -0.393 e. The van der Waals surface area contributed by atoms with Crippen LogP contribution in [0.2, 0.25) is 0 Å². The quantitative estimate of drug-likeness (QED) is 0.748. The minimum absolute atomic E-state index is 0.0308. The lowest BCUT2D eigenvalue weighted by molar-refractivity contribution is -0.132. The van der Waals surface area contributed by atoms with Crippen molar-refractivity contribution in [3.63, 3.8) is 0 Å². The summed E-state index contributed by atoms with van der Waals surface area (Å²) >= 11 is 5.06. The number of thiocarbonyl (C=S) groups is 1. The molecule has 0 aliphatic heterocycles. The standard InChI is InChI=1S/C16H25N3OS/c1-4-19(5-2)16(20)12-18(3)14(11-15(17)21)13-9-7-6-8-10-13/h6-10,14H,4-5,11-12H2,1-3H3,(H2,17,21). The van der Waals surface area contributed by atoms with Crippen LogP contribution in [0.4, 0.5) is 0 Å². The Morgan fingerprint density at radius 3 is 2.29 bits per heavy atom. The Balaban J connectivity index is 2.84. The van der Waals surface area contributed by atoms with E-state index in [4.69, 9.17) is 18.0 Å². The van der Waals surface area contributed by atoms with Gasteiger partial charge in [-0.25, -0.2) is 0 Å². The van der Waals surface area contributed by atoms with Gasteiger partial charge in [-0.1, -0.05) is 42.5 Å². The number of amides is 1. The molecule has 0 bridgehead atoms. The maximum Gasteiger partial charge on any atom is 0.236 e. The number of nitrogens with zero attached hydrogens (tertiary/aromatic N) is 2. The molecule has 1 amide bonds. The van der Waals surface area contributed by atoms with Gasteiger partial charge in [-0.2, -0.15) is 0 Å². The van der Waals surface area contributed by atoms with Crippen LogP contribution < -0.4 is 5.73 Å². The summed E-state index contributed by atoms with van der Waals surface area (Å²) in [5, 5.41) is 0. The maximum absolute atomic E-state index is 12.3. The van der Waals surface area contributed by atoms with Gasteiger partial charge in [0.1, 0.15) is 0 Å². The van der Waals surface area contributed by atoms with E-state index in [1.54, 1.807) is 0 Å². The molecule has 0 radical (unpaired) electrons. The summed E-state index contributed by atoms with van der Waals surface area (Å²) in [7, 11) is 1.94. The molecule has 1 aromatic rings. The SMILES string of the molecule is CCN(CC)C(=O)CN(C)C(CC(N)=S)c1ccccc1. The molecule has 1 atom stereocenters. The van der Waals surface area contributed by atoms with Crippen LogP contribution in [-0.2, 0) is 4.79 Å². The molecule has 2 N–H and O–H groups in total. The largest absolute Gasteiger partial charge is 0.393 e. The first-order valence-electron chi connectivity index (χ1n) is 7.30. The van der Waals surface area contributed by atoms with E-state index < -0.39 is 0 Å². The van der Waals surface area contributed by atoms with E-state index in [1.165, 1.54) is 0 Å². The molecule has 0 saturated heterocycles. The molecule has 21 heavy (non-hydrogen) atoms. The molecule has 0 aliphatic carbocycles. The molecule has 0 aromatic heterocycles. The zero-order chi connectivity index (χ0) is 15.8. The van der Waals surface area contributed by atoms with Crippen LogP contribution in [0.5, 0.6) is 0 Å². The number of hydrogen-bond donors (Lipinski definition) is 1. The number of carbonyl (C=O) groups is 1. The summed E-state index contributed by atoms with van der Waals surface area (Å²) in [6.45, 7) is 5.81. The predicted octanol–water partition coefficient (Wildman–Crippen LogP) is 2.20. The van der Waals surface area contributed by atoms with Crippen LogP contribution in [0, 0.1) is 0 Å². The number of nitrogens with two attached hydrogens (primary N) is 1. The smallest absolute Gasteiger partial charge is 0.236 e. The number of hydrogen-bond acceptors (Lipinski definition) is 3. The number of likely N-dealkylation sites (N-methyl/N-ethyl adjacent to an activating group) is 2. The first-order chi connectivity index (χ1) is 9.99. The Kier molecular flexibility index (Phi) is 7.32. The van der Waals surface area contributed by atoms with Gasteiger partial charge >= 0.3 is 0 Å². The predicted molar refractivity (Wildman–Crippen MR) is 91.1 cm³/mol. The fourth-order valence-electron chi connectivity index (χ4n) is 2.39. The highest BCUT2D eigenvalue weighted by Crippen LogP contribution is 2.23. The zero-order valence-electron chi connectivity index (χ0n) is 13.1. The summed E-state index contributed by atoms with van der Waals surface area (Å²) < 4.78 is 0. The van der Waals surface area contributed by atoms with E-state index in [-0.39, 0.29) is 11.9 Å². The van der Waals surface area contributed by atoms with Crippen molar-refractivity contribution in [2.45, 2.75) is 26.3 Å². The van der Waals surface area contributed by atoms with Crippen molar-refractivity contribution in [3.8, 4) is 0 Å². The van der Waals surface area contributed by atoms with Crippen LogP contribution in [-0.4, -0.2) is 47.4 Å². The molecule has 1 rings (SSSR count). The molecule has 0 spiro atoms. The van der Waals surface area contributed by atoms with Gasteiger partial charge in [-0.15, -0.1) is 0 Å². The minimum atomic E-state index is 0.0308. The summed E-state index contributed by atoms with van der Waals surface area (Å²) in [5.74, 6) is 0.131. The Morgan fingerprint density at radius 1 is 1.24 bits per heavy atom. The Labute approximate surface area is 132 Å². The molecular formula is C16H25N3OS. The average molecular weight is 307 g/mol. The van der Waals surface area contributed by atoms with Crippen LogP contribution >= 0.6 is 12.2 Å².